The van der Waals surface area contributed by atoms with E-state index in [0.717, 1.165) is 30.4 Å². The number of hydrogen-bond donors (Lipinski definition) is 1. The van der Waals surface area contributed by atoms with Crippen molar-refractivity contribution in [1.29, 1.82) is 0 Å². The number of aliphatic hydroxyl groups excluding tert-OH is 1. The minimum Gasteiger partial charge on any atom is -0.472 e. The van der Waals surface area contributed by atoms with E-state index in [1.165, 1.54) is 12.0 Å². The van der Waals surface area contributed by atoms with Crippen LogP contribution in [0.4, 0.5) is 0 Å². The monoisotopic (exact) mass is 492 g/mol. The van der Waals surface area contributed by atoms with Gasteiger partial charge in [0.1, 0.15) is 11.7 Å². The summed E-state index contributed by atoms with van der Waals surface area (Å²) in [4.78, 5) is 38.5. The number of nitrogens with zero attached hydrogens (tertiary/aromatic N) is 4. The third-order valence-electron chi connectivity index (χ3n) is 7.17. The van der Waals surface area contributed by atoms with Crippen molar-refractivity contribution >= 4 is 17.4 Å². The number of aromatic nitrogens is 2. The molecule has 0 saturated carbocycles. The van der Waals surface area contributed by atoms with Crippen LogP contribution in [0.2, 0.25) is 0 Å². The Balaban J connectivity index is 1.61. The third-order valence-corrected chi connectivity index (χ3v) is 7.17. The second-order valence-electron chi connectivity index (χ2n) is 9.98. The molecule has 0 spiro atoms. The molecule has 8 heteroatoms. The summed E-state index contributed by atoms with van der Waals surface area (Å²) in [6, 6.07) is 5.19. The average Bonchev–Trinajstić information content (AvgIpc) is 2.91. The number of likely N-dealkylation sites (N-methyl/N-ethyl adjacent to an activating group) is 1. The van der Waals surface area contributed by atoms with Gasteiger partial charge in [-0.15, -0.1) is 0 Å². The van der Waals surface area contributed by atoms with Gasteiger partial charge >= 0.3 is 0 Å². The lowest BCUT2D eigenvalue weighted by molar-refractivity contribution is -0.130. The first-order valence-corrected chi connectivity index (χ1v) is 12.8. The maximum atomic E-state index is 13.6. The zero-order chi connectivity index (χ0) is 25.7. The number of rotatable bonds is 7. The Morgan fingerprint density at radius 1 is 1.31 bits per heavy atom. The predicted octanol–water partition coefficient (Wildman–Crippen LogP) is 3.36. The lowest BCUT2D eigenvalue weighted by atomic mass is 9.93. The van der Waals surface area contributed by atoms with Crippen LogP contribution in [-0.4, -0.2) is 75.6 Å². The molecule has 2 aliphatic rings. The van der Waals surface area contributed by atoms with Gasteiger partial charge in [-0.05, 0) is 67.5 Å². The maximum absolute atomic E-state index is 13.6. The van der Waals surface area contributed by atoms with Gasteiger partial charge < -0.3 is 19.6 Å². The third kappa shape index (κ3) is 5.93. The first kappa shape index (κ1) is 25.8. The number of allylic oxidation sites excluding steroid dienone is 2. The van der Waals surface area contributed by atoms with Crippen molar-refractivity contribution in [2.75, 3.05) is 26.7 Å². The second-order valence-corrected chi connectivity index (χ2v) is 9.98. The molecule has 0 fully saturated rings. The van der Waals surface area contributed by atoms with Crippen molar-refractivity contribution in [3.8, 4) is 5.88 Å². The Bertz CT molecular complexity index is 1100. The van der Waals surface area contributed by atoms with Gasteiger partial charge in [0.25, 0.3) is 5.91 Å². The normalized spacial score (nSPS) is 20.9. The van der Waals surface area contributed by atoms with Crippen LogP contribution in [-0.2, 0) is 11.2 Å². The van der Waals surface area contributed by atoms with E-state index < -0.39 is 0 Å². The molecule has 0 bridgehead atoms. The summed E-state index contributed by atoms with van der Waals surface area (Å²) in [5.74, 6) is -0.0233. The van der Waals surface area contributed by atoms with Crippen LogP contribution < -0.4 is 4.74 Å². The molecule has 4 rings (SSSR count). The highest BCUT2D eigenvalue weighted by Gasteiger charge is 2.35. The van der Waals surface area contributed by atoms with Gasteiger partial charge in [-0.2, -0.15) is 0 Å². The number of ether oxygens (including phenoxy) is 1. The minimum absolute atomic E-state index is 0.0246. The zero-order valence-electron chi connectivity index (χ0n) is 21.4. The van der Waals surface area contributed by atoms with E-state index >= 15 is 0 Å². The van der Waals surface area contributed by atoms with E-state index in [-0.39, 0.29) is 48.8 Å². The number of pyridine rings is 2. The van der Waals surface area contributed by atoms with E-state index in [2.05, 4.69) is 16.0 Å². The number of fused-ring (bicyclic) bond motifs is 1. The lowest BCUT2D eigenvalue weighted by Gasteiger charge is -2.37. The molecule has 3 atom stereocenters. The van der Waals surface area contributed by atoms with Gasteiger partial charge in [0.15, 0.2) is 0 Å². The summed E-state index contributed by atoms with van der Waals surface area (Å²) in [5, 5.41) is 9.88. The summed E-state index contributed by atoms with van der Waals surface area (Å²) >= 11 is 0. The number of amides is 2. The Kier molecular flexibility index (Phi) is 8.36. The molecule has 3 heterocycles. The molecule has 1 aliphatic carbocycles. The van der Waals surface area contributed by atoms with Crippen LogP contribution in [0.25, 0.3) is 5.57 Å². The van der Waals surface area contributed by atoms with Crippen molar-refractivity contribution in [3.05, 3.63) is 59.6 Å². The predicted molar refractivity (Wildman–Crippen MR) is 137 cm³/mol. The minimum atomic E-state index is -0.371. The summed E-state index contributed by atoms with van der Waals surface area (Å²) in [6.07, 6.45) is 11.6. The molecule has 1 N–H and O–H groups in total. The molecule has 8 nitrogen and oxygen atoms in total. The fraction of sp³-hybridized carbons (Fsp3) is 0.500. The summed E-state index contributed by atoms with van der Waals surface area (Å²) in [7, 11) is 1.77. The quantitative estimate of drug-likeness (QED) is 0.637. The van der Waals surface area contributed by atoms with E-state index in [4.69, 9.17) is 4.74 Å². The molecule has 2 aromatic rings. The zero-order valence-corrected chi connectivity index (χ0v) is 21.4. The van der Waals surface area contributed by atoms with Gasteiger partial charge in [0, 0.05) is 38.1 Å². The highest BCUT2D eigenvalue weighted by Crippen LogP contribution is 2.32. The fourth-order valence-electron chi connectivity index (χ4n) is 4.78. The Morgan fingerprint density at radius 3 is 2.78 bits per heavy atom. The fourth-order valence-corrected chi connectivity index (χ4v) is 4.78. The molecule has 192 valence electrons. The maximum Gasteiger partial charge on any atom is 0.259 e. The van der Waals surface area contributed by atoms with Crippen LogP contribution in [0.5, 0.6) is 5.88 Å². The molecule has 2 aromatic heterocycles. The van der Waals surface area contributed by atoms with Crippen LogP contribution in [0.15, 0.2) is 42.9 Å². The van der Waals surface area contributed by atoms with Gasteiger partial charge in [0.2, 0.25) is 11.8 Å². The molecule has 1 aliphatic heterocycles. The van der Waals surface area contributed by atoms with Crippen LogP contribution in [0, 0.1) is 5.92 Å². The van der Waals surface area contributed by atoms with Crippen molar-refractivity contribution in [3.63, 3.8) is 0 Å². The van der Waals surface area contributed by atoms with Crippen molar-refractivity contribution in [2.45, 2.75) is 58.1 Å². The number of aliphatic hydroxyl groups is 1. The topological polar surface area (TPSA) is 95.9 Å². The van der Waals surface area contributed by atoms with Crippen molar-refractivity contribution < 1.29 is 19.4 Å². The second kappa shape index (κ2) is 11.6. The van der Waals surface area contributed by atoms with E-state index in [1.807, 2.05) is 32.0 Å². The van der Waals surface area contributed by atoms with Gasteiger partial charge in [-0.1, -0.05) is 13.0 Å². The molecule has 2 amide bonds. The molecule has 0 radical (unpaired) electrons. The molecule has 0 aromatic carbocycles. The highest BCUT2D eigenvalue weighted by atomic mass is 16.5. The van der Waals surface area contributed by atoms with E-state index in [0.29, 0.717) is 18.7 Å². The van der Waals surface area contributed by atoms with Crippen molar-refractivity contribution in [2.24, 2.45) is 5.92 Å². The highest BCUT2D eigenvalue weighted by molar-refractivity contribution is 5.97. The number of carbonyl (C=O) groups excluding carboxylic acids is 2. The SMILES string of the molecule is C[C@@H]1CN([C@@H](C)CO)C(=O)c2cc(C3=CCCCC3)cnc2O[C@@H]1CN(C)C(=O)Cc1ccncc1. The summed E-state index contributed by atoms with van der Waals surface area (Å²) in [6.45, 7) is 4.47. The summed E-state index contributed by atoms with van der Waals surface area (Å²) < 4.78 is 6.35. The Hall–Kier alpha value is -3.26. The summed E-state index contributed by atoms with van der Waals surface area (Å²) in [5.41, 5.74) is 3.46. The lowest BCUT2D eigenvalue weighted by Crippen LogP contribution is -2.50. The Morgan fingerprint density at radius 2 is 2.08 bits per heavy atom. The Labute approximate surface area is 213 Å². The molecule has 36 heavy (non-hydrogen) atoms. The van der Waals surface area contributed by atoms with E-state index in [9.17, 15) is 14.7 Å². The largest absolute Gasteiger partial charge is 0.472 e. The van der Waals surface area contributed by atoms with Crippen LogP contribution in [0.1, 0.15) is 61.0 Å². The average molecular weight is 493 g/mol. The number of hydrogen-bond acceptors (Lipinski definition) is 6. The molecule has 0 saturated heterocycles. The van der Waals surface area contributed by atoms with Gasteiger partial charge in [-0.25, -0.2) is 4.98 Å². The first-order valence-electron chi connectivity index (χ1n) is 12.8. The van der Waals surface area contributed by atoms with E-state index in [1.54, 1.807) is 35.4 Å². The van der Waals surface area contributed by atoms with Gasteiger partial charge in [0.05, 0.1) is 25.6 Å². The standard InChI is InChI=1S/C28H36N4O4/c1-19-16-32(20(2)18-33)28(35)24-14-23(22-7-5-4-6-8-22)15-30-27(24)36-25(19)17-31(3)26(34)13-21-9-11-29-12-10-21/h7,9-12,14-15,19-20,25,33H,4-6,8,13,16-18H2,1-3H3/t19-,20+,25-/m1/s1. The smallest absolute Gasteiger partial charge is 0.259 e. The number of carbonyl (C=O) groups is 2. The molecule has 0 unspecified atom stereocenters. The molecular weight excluding hydrogens is 456 g/mol. The molecular formula is C28H36N4O4. The van der Waals surface area contributed by atoms with Crippen LogP contribution in [0.3, 0.4) is 0 Å². The van der Waals surface area contributed by atoms with Crippen molar-refractivity contribution in [1.82, 2.24) is 19.8 Å². The van der Waals surface area contributed by atoms with Crippen LogP contribution >= 0.6 is 0 Å². The first-order chi connectivity index (χ1) is 17.4. The van der Waals surface area contributed by atoms with Gasteiger partial charge in [-0.3, -0.25) is 14.6 Å².